The van der Waals surface area contributed by atoms with E-state index < -0.39 is 87.8 Å². The van der Waals surface area contributed by atoms with E-state index in [1.54, 1.807) is 7.11 Å². The summed E-state index contributed by atoms with van der Waals surface area (Å²) in [5.41, 5.74) is -2.33. The molecule has 21 heteroatoms. The van der Waals surface area contributed by atoms with E-state index in [0.717, 1.165) is 22.0 Å². The highest BCUT2D eigenvalue weighted by atomic mass is 16.7. The highest BCUT2D eigenvalue weighted by Crippen LogP contribution is 2.67. The van der Waals surface area contributed by atoms with Crippen molar-refractivity contribution in [3.05, 3.63) is 70.9 Å². The molecule has 6 heterocycles. The molecule has 5 aliphatic heterocycles. The number of esters is 3. The number of para-hydroxylation sites is 1. The van der Waals surface area contributed by atoms with Gasteiger partial charge >= 0.3 is 17.9 Å². The molecule has 13 atom stereocenters. The van der Waals surface area contributed by atoms with E-state index in [-0.39, 0.29) is 70.4 Å². The number of amides is 2. The van der Waals surface area contributed by atoms with Crippen molar-refractivity contribution in [1.29, 1.82) is 0 Å². The predicted octanol–water partition coefficient (Wildman–Crippen LogP) is 3.27. The Balaban J connectivity index is 0.962. The van der Waals surface area contributed by atoms with Crippen LogP contribution < -0.4 is 20.3 Å². The lowest BCUT2D eigenvalue weighted by molar-refractivity contribution is -0.203. The van der Waals surface area contributed by atoms with Gasteiger partial charge in [-0.25, -0.2) is 4.79 Å². The molecule has 450 valence electrons. The van der Waals surface area contributed by atoms with E-state index in [1.165, 1.54) is 21.1 Å². The van der Waals surface area contributed by atoms with Crippen molar-refractivity contribution in [3.63, 3.8) is 0 Å². The zero-order valence-corrected chi connectivity index (χ0v) is 48.9. The lowest BCUT2D eigenvalue weighted by Crippen LogP contribution is -2.81. The summed E-state index contributed by atoms with van der Waals surface area (Å²) in [6.45, 7) is 9.80. The van der Waals surface area contributed by atoms with Crippen LogP contribution in [0.3, 0.4) is 0 Å². The van der Waals surface area contributed by atoms with Crippen LogP contribution in [0.2, 0.25) is 0 Å². The van der Waals surface area contributed by atoms with Crippen LogP contribution in [-0.2, 0) is 64.9 Å². The van der Waals surface area contributed by atoms with Crippen LogP contribution in [0, 0.1) is 11.3 Å². The zero-order chi connectivity index (χ0) is 58.9. The number of anilines is 1. The Bertz CT molecular complexity index is 2880. The van der Waals surface area contributed by atoms with Crippen LogP contribution in [0.15, 0.2) is 48.6 Å². The van der Waals surface area contributed by atoms with Crippen LogP contribution in [0.25, 0.3) is 10.9 Å². The van der Waals surface area contributed by atoms with E-state index in [1.807, 2.05) is 69.1 Å². The first-order chi connectivity index (χ1) is 39.3. The molecule has 21 nitrogen and oxygen atoms in total. The van der Waals surface area contributed by atoms with E-state index in [4.69, 9.17) is 28.4 Å². The summed E-state index contributed by atoms with van der Waals surface area (Å²) in [5, 5.41) is 54.6. The minimum atomic E-state index is -2.42. The number of fused-ring (bicyclic) bond motifs is 6. The number of hydrogen-bond acceptors (Lipinski definition) is 18. The zero-order valence-electron chi connectivity index (χ0n) is 48.9. The fourth-order valence-corrected chi connectivity index (χ4v) is 15.4. The lowest BCUT2D eigenvalue weighted by Gasteiger charge is -2.63. The molecule has 2 amide bonds. The van der Waals surface area contributed by atoms with Crippen molar-refractivity contribution in [2.24, 2.45) is 11.3 Å². The second kappa shape index (κ2) is 24.5. The van der Waals surface area contributed by atoms with E-state index in [2.05, 4.69) is 37.6 Å². The number of likely N-dealkylation sites (N-methyl/N-ethyl adjacent to an activating group) is 1. The van der Waals surface area contributed by atoms with Crippen molar-refractivity contribution in [2.75, 3.05) is 92.4 Å². The maximum Gasteiger partial charge on any atom is 0.328 e. The maximum atomic E-state index is 15.5. The number of H-pyrrole nitrogens is 1. The number of ether oxygens (including phenoxy) is 6. The third kappa shape index (κ3) is 10.5. The molecule has 2 saturated heterocycles. The van der Waals surface area contributed by atoms with Gasteiger partial charge in [-0.15, -0.1) is 0 Å². The molecule has 82 heavy (non-hydrogen) atoms. The van der Waals surface area contributed by atoms with Crippen molar-refractivity contribution in [2.45, 2.75) is 157 Å². The molecule has 7 N–H and O–H groups in total. The molecular formula is C61H86N6O15. The Morgan fingerprint density at radius 1 is 0.939 bits per heavy atom. The third-order valence-electron chi connectivity index (χ3n) is 19.2. The molecule has 1 aliphatic carbocycles. The number of methoxy groups -OCH3 is 3. The molecule has 1 aromatic heterocycles. The molecule has 0 radical (unpaired) electrons. The summed E-state index contributed by atoms with van der Waals surface area (Å²) in [5.74, 6) is -2.75. The van der Waals surface area contributed by atoms with E-state index >= 15 is 9.59 Å². The number of benzene rings is 2. The number of piperidine rings is 1. The van der Waals surface area contributed by atoms with Crippen molar-refractivity contribution < 1.29 is 72.8 Å². The molecule has 8 unspecified atom stereocenters. The van der Waals surface area contributed by atoms with Gasteiger partial charge in [-0.3, -0.25) is 29.0 Å². The van der Waals surface area contributed by atoms with Gasteiger partial charge in [0.15, 0.2) is 11.9 Å². The normalized spacial score (nSPS) is 31.0. The average molecular weight is 1140 g/mol. The summed E-state index contributed by atoms with van der Waals surface area (Å²) >= 11 is 0. The average Bonchev–Trinajstić information content (AvgIpc) is 3.18. The molecule has 6 aliphatic rings. The first-order valence-corrected chi connectivity index (χ1v) is 29.4. The molecule has 1 spiro atoms. The van der Waals surface area contributed by atoms with Gasteiger partial charge in [-0.1, -0.05) is 51.1 Å². The summed E-state index contributed by atoms with van der Waals surface area (Å²) in [4.78, 5) is 79.2. The summed E-state index contributed by atoms with van der Waals surface area (Å²) in [6.07, 6.45) is 4.61. The van der Waals surface area contributed by atoms with Gasteiger partial charge in [0.2, 0.25) is 5.91 Å². The number of hydrogen-bond donors (Lipinski definition) is 7. The Hall–Kier alpha value is -5.65. The minimum absolute atomic E-state index is 0.0328. The van der Waals surface area contributed by atoms with Crippen LogP contribution in [0.5, 0.6) is 5.75 Å². The van der Waals surface area contributed by atoms with Gasteiger partial charge in [0.05, 0.1) is 45.2 Å². The number of nitrogens with zero attached hydrogens (tertiary/aromatic N) is 3. The Morgan fingerprint density at radius 3 is 2.43 bits per heavy atom. The molecule has 2 aromatic carbocycles. The largest absolute Gasteiger partial charge is 0.496 e. The standard InChI is InChI=1S/C61H86N6O15/c1-9-39(34-68)82-49(78-7)35-81-48(70)20-14-19-47(69)63-37(4)51(71)80-28-16-24-62-55(73)61(76)53-59(23-27-67-25-15-22-58(11-3,52(59)67)54(61)72)42-29-43(46(77-6)30-45(42)65(53)5)60(56(74)79-8)32-38-31-57(75,10-2)36-66(33-38)26-21-41-40-17-12-13-18-44(40)64-50(41)60/h12-13,15,17-18,22,29-30,37-39,49,52-54,64,68,72,75-76H,9-11,14,16,19-21,23-28,31-36H2,1-8H3,(H,62,73)(H,63,69)/t37?,38?,39?,49?,52?,53?,54-,57?,58-,59?,60+,61+/m1/s1. The highest BCUT2D eigenvalue weighted by molar-refractivity contribution is 5.95. The first-order valence-electron chi connectivity index (χ1n) is 29.4. The van der Waals surface area contributed by atoms with Gasteiger partial charge in [0.25, 0.3) is 5.91 Å². The van der Waals surface area contributed by atoms with Crippen LogP contribution >= 0.6 is 0 Å². The first kappa shape index (κ1) is 60.9. The van der Waals surface area contributed by atoms with Gasteiger partial charge in [0.1, 0.15) is 29.9 Å². The van der Waals surface area contributed by atoms with Gasteiger partial charge < -0.3 is 69.4 Å². The SMILES string of the molecule is CCC(CO)OC(COC(=O)CCCC(=O)NC(C)C(=O)OCCCNC(=O)[C@]1(O)C2N(C)c3cc(OC)c([C@@]4(C(=O)OC)CC5C[N@](CCc6c4[nH]c4ccccc64)CC(O)(CC)C5)cc3C23CCN2CC=C[C@](CC)(C23)[C@H]1O)OC. The number of aliphatic hydroxyl groups is 4. The Labute approximate surface area is 480 Å². The minimum Gasteiger partial charge on any atom is -0.496 e. The molecule has 3 aromatic rings. The molecule has 3 fully saturated rings. The number of nitrogens with one attached hydrogen (secondary N) is 3. The summed E-state index contributed by atoms with van der Waals surface area (Å²) in [7, 11) is 6.22. The third-order valence-corrected chi connectivity index (χ3v) is 19.2. The molecular weight excluding hydrogens is 1060 g/mol. The second-order valence-corrected chi connectivity index (χ2v) is 23.7. The smallest absolute Gasteiger partial charge is 0.328 e. The topological polar surface area (TPSA) is 271 Å². The highest BCUT2D eigenvalue weighted by Gasteiger charge is 2.78. The van der Waals surface area contributed by atoms with Crippen molar-refractivity contribution in [3.8, 4) is 5.75 Å². The van der Waals surface area contributed by atoms with E-state index in [9.17, 15) is 34.8 Å². The van der Waals surface area contributed by atoms with Crippen LogP contribution in [0.1, 0.15) is 114 Å². The fraction of sp³-hybridized carbons (Fsp3) is 0.656. The lowest BCUT2D eigenvalue weighted by atomic mass is 9.47. The quantitative estimate of drug-likeness (QED) is 0.0236. The van der Waals surface area contributed by atoms with Crippen molar-refractivity contribution in [1.82, 2.24) is 25.4 Å². The number of aliphatic hydroxyl groups excluding tert-OH is 2. The summed E-state index contributed by atoms with van der Waals surface area (Å²) < 4.78 is 33.9. The van der Waals surface area contributed by atoms with E-state index in [0.29, 0.717) is 93.9 Å². The molecule has 2 bridgehead atoms. The number of rotatable bonds is 23. The second-order valence-electron chi connectivity index (χ2n) is 23.7. The monoisotopic (exact) mass is 1140 g/mol. The molecule has 1 saturated carbocycles. The fourth-order valence-electron chi connectivity index (χ4n) is 15.4. The Kier molecular flexibility index (Phi) is 18.2. The van der Waals surface area contributed by atoms with Crippen LogP contribution in [0.4, 0.5) is 5.69 Å². The predicted molar refractivity (Wildman–Crippen MR) is 303 cm³/mol. The Morgan fingerprint density at radius 2 is 1.72 bits per heavy atom. The molecule has 9 rings (SSSR count). The van der Waals surface area contributed by atoms with Gasteiger partial charge in [0, 0.05) is 111 Å². The number of carbonyl (C=O) groups excluding carboxylic acids is 5. The van der Waals surface area contributed by atoms with Crippen molar-refractivity contribution >= 4 is 46.3 Å². The van der Waals surface area contributed by atoms with Gasteiger partial charge in [-0.2, -0.15) is 0 Å². The number of aromatic amines is 1. The van der Waals surface area contributed by atoms with Crippen LogP contribution in [-0.4, -0.2) is 200 Å². The number of aromatic nitrogens is 1. The number of carbonyl (C=O) groups is 5. The maximum absolute atomic E-state index is 15.5. The van der Waals surface area contributed by atoms with Gasteiger partial charge in [-0.05, 0) is 100 Å². The summed E-state index contributed by atoms with van der Waals surface area (Å²) in [6, 6.07) is 9.63.